The van der Waals surface area contributed by atoms with Crippen molar-refractivity contribution in [3.05, 3.63) is 20.3 Å². The molecule has 2 N–H and O–H groups in total. The molecule has 2 aromatic heterocycles. The topological polar surface area (TPSA) is 43.8 Å². The second-order valence-corrected chi connectivity index (χ2v) is 6.11. The van der Waals surface area contributed by atoms with Crippen molar-refractivity contribution in [3.8, 4) is 11.3 Å². The van der Waals surface area contributed by atoms with E-state index in [4.69, 9.17) is 28.9 Å². The lowest BCUT2D eigenvalue weighted by Crippen LogP contribution is -1.99. The van der Waals surface area contributed by atoms with E-state index in [0.29, 0.717) is 14.5 Å². The average molecular weight is 290 g/mol. The molecule has 17 heavy (non-hydrogen) atoms. The molecule has 2 heterocycles. The molecular weight excluding hydrogens is 277 g/mol. The molecule has 0 unspecified atom stereocenters. The maximum absolute atomic E-state index is 6.16. The maximum Gasteiger partial charge on any atom is 0.125 e. The van der Waals surface area contributed by atoms with Crippen molar-refractivity contribution in [3.63, 3.8) is 0 Å². The van der Waals surface area contributed by atoms with E-state index in [1.807, 2.05) is 13.1 Å². The van der Waals surface area contributed by atoms with Gasteiger partial charge in [-0.3, -0.25) is 4.68 Å². The molecule has 0 aliphatic heterocycles. The fraction of sp³-hybridized carbons (Fsp3) is 0.364. The molecule has 0 radical (unpaired) electrons. The standard InChI is InChI=1S/C11H13Cl2N3S/c1-3-4-6-9(15-16(2)11(6)14)7-5-8(12)17-10(7)13/h5H,3-4,14H2,1-2H3. The van der Waals surface area contributed by atoms with Gasteiger partial charge >= 0.3 is 0 Å². The summed E-state index contributed by atoms with van der Waals surface area (Å²) in [4.78, 5) is 0. The fourth-order valence-corrected chi connectivity index (χ4v) is 3.26. The number of nitrogen functional groups attached to an aromatic ring is 1. The van der Waals surface area contributed by atoms with E-state index in [9.17, 15) is 0 Å². The molecule has 0 amide bonds. The molecule has 2 rings (SSSR count). The van der Waals surface area contributed by atoms with Crippen LogP contribution in [0.3, 0.4) is 0 Å². The lowest BCUT2D eigenvalue weighted by Gasteiger charge is -2.00. The lowest BCUT2D eigenvalue weighted by atomic mass is 10.1. The number of thiophene rings is 1. The third-order valence-corrected chi connectivity index (χ3v) is 4.09. The monoisotopic (exact) mass is 289 g/mol. The summed E-state index contributed by atoms with van der Waals surface area (Å²) in [6.07, 6.45) is 1.90. The van der Waals surface area contributed by atoms with E-state index in [1.54, 1.807) is 4.68 Å². The molecule has 0 aromatic carbocycles. The van der Waals surface area contributed by atoms with Gasteiger partial charge in [-0.05, 0) is 12.5 Å². The molecule has 0 atom stereocenters. The Labute approximate surface area is 114 Å². The summed E-state index contributed by atoms with van der Waals surface area (Å²) in [5, 5.41) is 4.43. The molecular formula is C11H13Cl2N3S. The summed E-state index contributed by atoms with van der Waals surface area (Å²) in [7, 11) is 1.83. The third-order valence-electron chi connectivity index (χ3n) is 2.61. The predicted molar refractivity (Wildman–Crippen MR) is 74.9 cm³/mol. The van der Waals surface area contributed by atoms with E-state index in [0.717, 1.165) is 29.7 Å². The summed E-state index contributed by atoms with van der Waals surface area (Å²) in [6.45, 7) is 2.11. The second kappa shape index (κ2) is 4.88. The number of hydrogen-bond acceptors (Lipinski definition) is 3. The molecule has 92 valence electrons. The van der Waals surface area contributed by atoms with Crippen LogP contribution in [0, 0.1) is 0 Å². The van der Waals surface area contributed by atoms with Gasteiger partial charge in [0.15, 0.2) is 0 Å². The predicted octanol–water partition coefficient (Wildman–Crippen LogP) is 3.99. The highest BCUT2D eigenvalue weighted by Gasteiger charge is 2.18. The number of halogens is 2. The Bertz CT molecular complexity index is 545. The van der Waals surface area contributed by atoms with Crippen LogP contribution in [-0.2, 0) is 13.5 Å². The Morgan fingerprint density at radius 3 is 2.71 bits per heavy atom. The molecule has 0 bridgehead atoms. The molecule has 6 heteroatoms. The number of nitrogens with zero attached hydrogens (tertiary/aromatic N) is 2. The zero-order chi connectivity index (χ0) is 12.6. The minimum absolute atomic E-state index is 0.658. The maximum atomic E-state index is 6.16. The van der Waals surface area contributed by atoms with Crippen LogP contribution < -0.4 is 5.73 Å². The summed E-state index contributed by atoms with van der Waals surface area (Å²) in [6, 6.07) is 1.84. The first kappa shape index (κ1) is 12.7. The summed E-state index contributed by atoms with van der Waals surface area (Å²) in [5.74, 6) is 0.695. The van der Waals surface area contributed by atoms with Gasteiger partial charge in [-0.1, -0.05) is 36.5 Å². The lowest BCUT2D eigenvalue weighted by molar-refractivity contribution is 0.781. The number of anilines is 1. The van der Waals surface area contributed by atoms with Gasteiger partial charge in [-0.25, -0.2) is 0 Å². The molecule has 0 aliphatic carbocycles. The van der Waals surface area contributed by atoms with E-state index < -0.39 is 0 Å². The highest BCUT2D eigenvalue weighted by atomic mass is 35.5. The van der Waals surface area contributed by atoms with Crippen LogP contribution in [0.25, 0.3) is 11.3 Å². The van der Waals surface area contributed by atoms with E-state index in [2.05, 4.69) is 12.0 Å². The first-order valence-corrected chi connectivity index (χ1v) is 6.88. The zero-order valence-electron chi connectivity index (χ0n) is 9.63. The Hall–Kier alpha value is -0.710. The van der Waals surface area contributed by atoms with Crippen LogP contribution in [0.2, 0.25) is 8.67 Å². The van der Waals surface area contributed by atoms with Crippen LogP contribution in [0.15, 0.2) is 6.07 Å². The Morgan fingerprint density at radius 2 is 2.18 bits per heavy atom. The van der Waals surface area contributed by atoms with Crippen molar-refractivity contribution in [2.45, 2.75) is 19.8 Å². The van der Waals surface area contributed by atoms with Crippen molar-refractivity contribution in [1.29, 1.82) is 0 Å². The van der Waals surface area contributed by atoms with Crippen LogP contribution in [0.4, 0.5) is 5.82 Å². The summed E-state index contributed by atoms with van der Waals surface area (Å²) in [5.41, 5.74) is 8.78. The van der Waals surface area contributed by atoms with Crippen LogP contribution in [0.1, 0.15) is 18.9 Å². The molecule has 0 spiro atoms. The number of nitrogens with two attached hydrogens (primary N) is 1. The highest BCUT2D eigenvalue weighted by molar-refractivity contribution is 7.20. The molecule has 0 saturated carbocycles. The number of hydrogen-bond donors (Lipinski definition) is 1. The minimum Gasteiger partial charge on any atom is -0.384 e. The van der Waals surface area contributed by atoms with Crippen LogP contribution in [0.5, 0.6) is 0 Å². The van der Waals surface area contributed by atoms with Crippen LogP contribution in [-0.4, -0.2) is 9.78 Å². The third kappa shape index (κ3) is 2.30. The highest BCUT2D eigenvalue weighted by Crippen LogP contribution is 2.40. The van der Waals surface area contributed by atoms with Gasteiger partial charge in [0.05, 0.1) is 4.34 Å². The van der Waals surface area contributed by atoms with Gasteiger partial charge in [0.1, 0.15) is 15.8 Å². The fourth-order valence-electron chi connectivity index (χ4n) is 1.80. The number of rotatable bonds is 3. The van der Waals surface area contributed by atoms with Gasteiger partial charge in [-0.15, -0.1) is 11.3 Å². The van der Waals surface area contributed by atoms with Gasteiger partial charge in [0.25, 0.3) is 0 Å². The SMILES string of the molecule is CCCc1c(-c2cc(Cl)sc2Cl)nn(C)c1N. The number of aromatic nitrogens is 2. The van der Waals surface area contributed by atoms with Gasteiger partial charge in [0, 0.05) is 18.2 Å². The second-order valence-electron chi connectivity index (χ2n) is 3.82. The Morgan fingerprint density at radius 1 is 1.47 bits per heavy atom. The Balaban J connectivity index is 2.58. The smallest absolute Gasteiger partial charge is 0.125 e. The van der Waals surface area contributed by atoms with Crippen molar-refractivity contribution >= 4 is 40.4 Å². The quantitative estimate of drug-likeness (QED) is 0.928. The molecule has 0 fully saturated rings. The average Bonchev–Trinajstić information content (AvgIpc) is 2.73. The van der Waals surface area contributed by atoms with Gasteiger partial charge in [0.2, 0.25) is 0 Å². The van der Waals surface area contributed by atoms with Crippen molar-refractivity contribution in [2.24, 2.45) is 7.05 Å². The van der Waals surface area contributed by atoms with Gasteiger partial charge in [-0.2, -0.15) is 5.10 Å². The van der Waals surface area contributed by atoms with Crippen LogP contribution >= 0.6 is 34.5 Å². The molecule has 0 aliphatic rings. The zero-order valence-corrected chi connectivity index (χ0v) is 12.0. The minimum atomic E-state index is 0.658. The summed E-state index contributed by atoms with van der Waals surface area (Å²) >= 11 is 13.5. The van der Waals surface area contributed by atoms with Crippen molar-refractivity contribution < 1.29 is 0 Å². The largest absolute Gasteiger partial charge is 0.384 e. The first-order valence-electron chi connectivity index (χ1n) is 5.31. The number of aryl methyl sites for hydroxylation is 1. The van der Waals surface area contributed by atoms with E-state index >= 15 is 0 Å². The summed E-state index contributed by atoms with van der Waals surface area (Å²) < 4.78 is 3.00. The molecule has 3 nitrogen and oxygen atoms in total. The van der Waals surface area contributed by atoms with Crippen molar-refractivity contribution in [1.82, 2.24) is 9.78 Å². The first-order chi connectivity index (χ1) is 8.04. The van der Waals surface area contributed by atoms with Gasteiger partial charge < -0.3 is 5.73 Å². The molecule has 0 saturated heterocycles. The van der Waals surface area contributed by atoms with E-state index in [1.165, 1.54) is 11.3 Å². The van der Waals surface area contributed by atoms with Crippen molar-refractivity contribution in [2.75, 3.05) is 5.73 Å². The Kier molecular flexibility index (Phi) is 3.66. The van der Waals surface area contributed by atoms with E-state index in [-0.39, 0.29) is 0 Å². The molecule has 2 aromatic rings. The normalized spacial score (nSPS) is 11.1.